The first-order valence-electron chi connectivity index (χ1n) is 5.91. The zero-order valence-corrected chi connectivity index (χ0v) is 11.3. The number of carbonyl (C=O) groups excluding carboxylic acids is 1. The fourth-order valence-electron chi connectivity index (χ4n) is 1.93. The minimum atomic E-state index is 0.0284. The van der Waals surface area contributed by atoms with Crippen LogP contribution in [0.3, 0.4) is 0 Å². The topological polar surface area (TPSA) is 47.8 Å². The average Bonchev–Trinajstić information content (AvgIpc) is 2.83. The van der Waals surface area contributed by atoms with Crippen LogP contribution < -0.4 is 5.30 Å². The molecular weight excluding hydrogens is 257 g/mol. The van der Waals surface area contributed by atoms with Crippen LogP contribution in [0.4, 0.5) is 0 Å². The van der Waals surface area contributed by atoms with Gasteiger partial charge in [-0.1, -0.05) is 41.6 Å². The number of rotatable bonds is 3. The van der Waals surface area contributed by atoms with Crippen LogP contribution in [0.2, 0.25) is 0 Å². The van der Waals surface area contributed by atoms with Crippen LogP contribution in [0.5, 0.6) is 0 Å². The second kappa shape index (κ2) is 4.90. The Labute approximate surface area is 112 Å². The zero-order valence-electron chi connectivity index (χ0n) is 10.2. The normalized spacial score (nSPS) is 10.8. The molecule has 1 unspecified atom stereocenters. The van der Waals surface area contributed by atoms with Crippen molar-refractivity contribution < 1.29 is 4.79 Å². The summed E-state index contributed by atoms with van der Waals surface area (Å²) >= 11 is 0. The number of carbonyl (C=O) groups is 1. The van der Waals surface area contributed by atoms with E-state index in [1.54, 1.807) is 4.68 Å². The van der Waals surface area contributed by atoms with Crippen molar-refractivity contribution in [3.8, 4) is 0 Å². The van der Waals surface area contributed by atoms with Crippen LogP contribution in [-0.2, 0) is 6.54 Å². The van der Waals surface area contributed by atoms with Gasteiger partial charge >= 0.3 is 0 Å². The van der Waals surface area contributed by atoms with Crippen molar-refractivity contribution in [3.05, 3.63) is 54.1 Å². The third kappa shape index (κ3) is 2.40. The second-order valence-electron chi connectivity index (χ2n) is 4.28. The minimum Gasteiger partial charge on any atom is -0.292 e. The molecule has 3 rings (SSSR count). The molecule has 0 radical (unpaired) electrons. The number of hydrogen-bond donors (Lipinski definition) is 0. The molecule has 0 N–H and O–H groups in total. The number of para-hydroxylation sites is 1. The Morgan fingerprint density at radius 3 is 2.63 bits per heavy atom. The van der Waals surface area contributed by atoms with Crippen molar-refractivity contribution in [1.82, 2.24) is 15.0 Å². The summed E-state index contributed by atoms with van der Waals surface area (Å²) < 4.78 is 1.63. The molecule has 0 aliphatic rings. The van der Waals surface area contributed by atoms with Gasteiger partial charge in [0.05, 0.1) is 5.52 Å². The molecule has 19 heavy (non-hydrogen) atoms. The third-order valence-corrected chi connectivity index (χ3v) is 3.33. The summed E-state index contributed by atoms with van der Waals surface area (Å²) in [6.45, 7) is 0.205. The van der Waals surface area contributed by atoms with Crippen molar-refractivity contribution >= 4 is 31.4 Å². The highest BCUT2D eigenvalue weighted by Crippen LogP contribution is 2.11. The number of fused-ring (bicyclic) bond motifs is 1. The van der Waals surface area contributed by atoms with Gasteiger partial charge in [0.25, 0.3) is 0 Å². The largest absolute Gasteiger partial charge is 0.292 e. The molecule has 0 saturated carbocycles. The highest BCUT2D eigenvalue weighted by Gasteiger charge is 2.10. The lowest BCUT2D eigenvalue weighted by molar-refractivity contribution is 0.0968. The first kappa shape index (κ1) is 12.0. The van der Waals surface area contributed by atoms with E-state index in [-0.39, 0.29) is 12.3 Å². The molecular formula is C14H12N3OP. The summed E-state index contributed by atoms with van der Waals surface area (Å²) in [5.41, 5.74) is 2.36. The van der Waals surface area contributed by atoms with Crippen molar-refractivity contribution in [1.29, 1.82) is 0 Å². The Morgan fingerprint density at radius 1 is 1.11 bits per heavy atom. The number of hydrogen-bond acceptors (Lipinski definition) is 3. The van der Waals surface area contributed by atoms with Crippen LogP contribution in [0.25, 0.3) is 11.0 Å². The van der Waals surface area contributed by atoms with E-state index in [4.69, 9.17) is 0 Å². The summed E-state index contributed by atoms with van der Waals surface area (Å²) in [6, 6.07) is 15.1. The van der Waals surface area contributed by atoms with Crippen molar-refractivity contribution in [2.24, 2.45) is 0 Å². The number of aromatic nitrogens is 3. The third-order valence-electron chi connectivity index (χ3n) is 2.95. The maximum atomic E-state index is 12.2. The van der Waals surface area contributed by atoms with E-state index in [0.717, 1.165) is 16.3 Å². The number of ketones is 1. The summed E-state index contributed by atoms with van der Waals surface area (Å²) in [7, 11) is 2.60. The number of nitrogens with zero attached hydrogens (tertiary/aromatic N) is 3. The number of benzene rings is 2. The van der Waals surface area contributed by atoms with Gasteiger partial charge < -0.3 is 0 Å². The smallest absolute Gasteiger partial charge is 0.184 e. The fraction of sp³-hybridized carbons (Fsp3) is 0.0714. The van der Waals surface area contributed by atoms with Crippen LogP contribution in [0, 0.1) is 0 Å². The SMILES string of the molecule is O=C(Cn1nnc2ccccc21)c1ccc(P)cc1. The molecule has 0 aliphatic heterocycles. The molecule has 1 atom stereocenters. The molecule has 3 aromatic rings. The van der Waals surface area contributed by atoms with Crippen LogP contribution in [-0.4, -0.2) is 20.8 Å². The molecule has 0 bridgehead atoms. The molecule has 2 aromatic carbocycles. The van der Waals surface area contributed by atoms with E-state index in [1.165, 1.54) is 0 Å². The van der Waals surface area contributed by atoms with Gasteiger partial charge in [0, 0.05) is 5.56 Å². The highest BCUT2D eigenvalue weighted by molar-refractivity contribution is 7.27. The predicted octanol–water partition coefficient (Wildman–Crippen LogP) is 1.81. The molecule has 0 aliphatic carbocycles. The van der Waals surface area contributed by atoms with Crippen LogP contribution in [0.15, 0.2) is 48.5 Å². The Bertz CT molecular complexity index is 734. The molecule has 94 valence electrons. The quantitative estimate of drug-likeness (QED) is 0.538. The van der Waals surface area contributed by atoms with Crippen molar-refractivity contribution in [3.63, 3.8) is 0 Å². The summed E-state index contributed by atoms with van der Waals surface area (Å²) in [5, 5.41) is 9.12. The molecule has 1 heterocycles. The van der Waals surface area contributed by atoms with Gasteiger partial charge in [0.1, 0.15) is 12.1 Å². The van der Waals surface area contributed by atoms with Gasteiger partial charge in [0.15, 0.2) is 5.78 Å². The first-order chi connectivity index (χ1) is 9.24. The van der Waals surface area contributed by atoms with Gasteiger partial charge in [-0.3, -0.25) is 4.79 Å². The van der Waals surface area contributed by atoms with Crippen LogP contribution in [0.1, 0.15) is 10.4 Å². The predicted molar refractivity (Wildman–Crippen MR) is 77.6 cm³/mol. The Hall–Kier alpha value is -2.06. The van der Waals surface area contributed by atoms with E-state index in [0.29, 0.717) is 5.56 Å². The minimum absolute atomic E-state index is 0.0284. The van der Waals surface area contributed by atoms with E-state index < -0.39 is 0 Å². The van der Waals surface area contributed by atoms with Crippen molar-refractivity contribution in [2.75, 3.05) is 0 Å². The Morgan fingerprint density at radius 2 is 1.84 bits per heavy atom. The molecule has 0 saturated heterocycles. The maximum absolute atomic E-state index is 12.2. The molecule has 0 amide bonds. The zero-order chi connectivity index (χ0) is 13.2. The van der Waals surface area contributed by atoms with Crippen LogP contribution >= 0.6 is 9.24 Å². The Kier molecular flexibility index (Phi) is 3.10. The van der Waals surface area contributed by atoms with Gasteiger partial charge in [-0.25, -0.2) is 4.68 Å². The van der Waals surface area contributed by atoms with E-state index in [2.05, 4.69) is 19.6 Å². The molecule has 1 aromatic heterocycles. The lowest BCUT2D eigenvalue weighted by atomic mass is 10.1. The average molecular weight is 269 g/mol. The summed E-state index contributed by atoms with van der Waals surface area (Å²) in [6.07, 6.45) is 0. The van der Waals surface area contributed by atoms with Gasteiger partial charge in [-0.15, -0.1) is 14.3 Å². The molecule has 5 heteroatoms. The highest BCUT2D eigenvalue weighted by atomic mass is 31.0. The van der Waals surface area contributed by atoms with Gasteiger partial charge in [-0.2, -0.15) is 0 Å². The number of Topliss-reactive ketones (excluding diaryl/α,β-unsaturated/α-hetero) is 1. The molecule has 0 spiro atoms. The lowest BCUT2D eigenvalue weighted by Gasteiger charge is -2.02. The molecule has 0 fully saturated rings. The monoisotopic (exact) mass is 269 g/mol. The summed E-state index contributed by atoms with van der Waals surface area (Å²) in [4.78, 5) is 12.2. The fourth-order valence-corrected chi connectivity index (χ4v) is 2.12. The van der Waals surface area contributed by atoms with E-state index in [1.807, 2.05) is 48.5 Å². The van der Waals surface area contributed by atoms with Crippen molar-refractivity contribution in [2.45, 2.75) is 6.54 Å². The standard InChI is InChI=1S/C14H12N3OP/c18-14(10-5-7-11(19)8-6-10)9-17-13-4-2-1-3-12(13)15-16-17/h1-8H,9,19H2. The van der Waals surface area contributed by atoms with E-state index >= 15 is 0 Å². The van der Waals surface area contributed by atoms with Gasteiger partial charge in [0.2, 0.25) is 0 Å². The van der Waals surface area contributed by atoms with Gasteiger partial charge in [-0.05, 0) is 17.4 Å². The summed E-state index contributed by atoms with van der Waals surface area (Å²) in [5.74, 6) is 0.0284. The maximum Gasteiger partial charge on any atom is 0.184 e. The van der Waals surface area contributed by atoms with E-state index in [9.17, 15) is 4.79 Å². The molecule has 4 nitrogen and oxygen atoms in total. The lowest BCUT2D eigenvalue weighted by Crippen LogP contribution is -2.12. The first-order valence-corrected chi connectivity index (χ1v) is 6.49. The Balaban J connectivity index is 1.89. The second-order valence-corrected chi connectivity index (χ2v) is 4.95.